The summed E-state index contributed by atoms with van der Waals surface area (Å²) in [5.74, 6) is 0. The van der Waals surface area contributed by atoms with Crippen molar-refractivity contribution in [2.24, 2.45) is 0 Å². The lowest BCUT2D eigenvalue weighted by Gasteiger charge is -2.22. The van der Waals surface area contributed by atoms with Crippen LogP contribution in [0.25, 0.3) is 0 Å². The molecule has 0 radical (unpaired) electrons. The molecule has 0 amide bonds. The van der Waals surface area contributed by atoms with E-state index >= 15 is 0 Å². The van der Waals surface area contributed by atoms with Crippen LogP contribution in [0.2, 0.25) is 0 Å². The van der Waals surface area contributed by atoms with Gasteiger partial charge in [0.15, 0.2) is 6.35 Å². The quantitative estimate of drug-likeness (QED) is 0.361. The first kappa shape index (κ1) is 20.7. The van der Waals surface area contributed by atoms with E-state index in [0.29, 0.717) is 4.90 Å². The first-order valence-electron chi connectivity index (χ1n) is 7.08. The van der Waals surface area contributed by atoms with Gasteiger partial charge in [-0.15, -0.1) is 11.8 Å². The summed E-state index contributed by atoms with van der Waals surface area (Å²) in [6, 6.07) is 6.46. The van der Waals surface area contributed by atoms with E-state index in [-0.39, 0.29) is 17.1 Å². The first-order chi connectivity index (χ1) is 10.6. The zero-order chi connectivity index (χ0) is 17.7. The zero-order valence-electron chi connectivity index (χ0n) is 13.9. The predicted molar refractivity (Wildman–Crippen MR) is 91.4 cm³/mol. The molecule has 0 bridgehead atoms. The monoisotopic (exact) mass is 382 g/mol. The summed E-state index contributed by atoms with van der Waals surface area (Å²) in [5, 5.41) is 0. The molecule has 132 valence electrons. The number of thioether (sulfide) groups is 1. The summed E-state index contributed by atoms with van der Waals surface area (Å²) in [6.07, 6.45) is 0.339. The van der Waals surface area contributed by atoms with E-state index in [0.717, 1.165) is 0 Å². The third kappa shape index (κ3) is 6.57. The maximum Gasteiger partial charge on any atom is 0.358 e. The van der Waals surface area contributed by atoms with E-state index in [1.165, 1.54) is 17.8 Å². The van der Waals surface area contributed by atoms with E-state index in [4.69, 9.17) is 13.2 Å². The van der Waals surface area contributed by atoms with Crippen LogP contribution < -0.4 is 0 Å². The Bertz CT molecular complexity index is 643. The van der Waals surface area contributed by atoms with Gasteiger partial charge >= 0.3 is 7.60 Å². The molecule has 0 unspecified atom stereocenters. The van der Waals surface area contributed by atoms with Gasteiger partial charge in [-0.25, -0.2) is 0 Å². The molecule has 0 fully saturated rings. The topological polar surface area (TPSA) is 78.9 Å². The van der Waals surface area contributed by atoms with Gasteiger partial charge in [0, 0.05) is 4.90 Å². The lowest BCUT2D eigenvalue weighted by molar-refractivity contribution is 0.129. The maximum absolute atomic E-state index is 12.6. The van der Waals surface area contributed by atoms with Crippen LogP contribution in [0, 0.1) is 0 Å². The summed E-state index contributed by atoms with van der Waals surface area (Å²) in [7, 11) is -7.74. The second-order valence-corrected chi connectivity index (χ2v) is 9.60. The van der Waals surface area contributed by atoms with Crippen LogP contribution in [-0.4, -0.2) is 33.2 Å². The van der Waals surface area contributed by atoms with Crippen LogP contribution >= 0.6 is 19.4 Å². The smallest absolute Gasteiger partial charge is 0.304 e. The molecule has 0 atom stereocenters. The Balaban J connectivity index is 2.97. The van der Waals surface area contributed by atoms with Crippen molar-refractivity contribution in [3.05, 3.63) is 24.3 Å². The molecule has 9 heteroatoms. The molecule has 1 rings (SSSR count). The minimum Gasteiger partial charge on any atom is -0.304 e. The predicted octanol–water partition coefficient (Wildman–Crippen LogP) is 4.11. The molecule has 1 aromatic carbocycles. The summed E-state index contributed by atoms with van der Waals surface area (Å²) < 4.78 is 52.9. The van der Waals surface area contributed by atoms with Gasteiger partial charge in [0.1, 0.15) is 4.90 Å². The third-order valence-electron chi connectivity index (χ3n) is 2.45. The number of rotatable bonds is 9. The molecule has 0 N–H and O–H groups in total. The maximum atomic E-state index is 12.6. The van der Waals surface area contributed by atoms with E-state index in [1.54, 1.807) is 52.1 Å². The highest BCUT2D eigenvalue weighted by Crippen LogP contribution is 2.51. The van der Waals surface area contributed by atoms with Gasteiger partial charge in [-0.05, 0) is 46.1 Å². The Labute approximate surface area is 142 Å². The van der Waals surface area contributed by atoms with Crippen LogP contribution in [0.5, 0.6) is 0 Å². The average molecular weight is 382 g/mol. The SMILES string of the molecule is CSc1ccccc1S(=O)(=O)OCP(=O)(OC(C)C)OC(C)C. The molecule has 0 heterocycles. The molecule has 0 saturated heterocycles. The molecule has 6 nitrogen and oxygen atoms in total. The van der Waals surface area contributed by atoms with Crippen molar-refractivity contribution in [3.8, 4) is 0 Å². The second kappa shape index (κ2) is 8.65. The molecule has 1 aromatic rings. The Morgan fingerprint density at radius 2 is 1.61 bits per heavy atom. The molecule has 0 saturated carbocycles. The van der Waals surface area contributed by atoms with Crippen molar-refractivity contribution in [1.82, 2.24) is 0 Å². The lowest BCUT2D eigenvalue weighted by atomic mass is 10.4. The van der Waals surface area contributed by atoms with Gasteiger partial charge < -0.3 is 9.05 Å². The molecular formula is C14H23O6PS2. The molecular weight excluding hydrogens is 359 g/mol. The largest absolute Gasteiger partial charge is 0.358 e. The van der Waals surface area contributed by atoms with Gasteiger partial charge in [-0.1, -0.05) is 12.1 Å². The van der Waals surface area contributed by atoms with Gasteiger partial charge in [0.25, 0.3) is 10.1 Å². The van der Waals surface area contributed by atoms with Gasteiger partial charge in [0.2, 0.25) is 0 Å². The van der Waals surface area contributed by atoms with Crippen LogP contribution in [0.4, 0.5) is 0 Å². The third-order valence-corrected chi connectivity index (χ3v) is 6.80. The van der Waals surface area contributed by atoms with Crippen molar-refractivity contribution >= 4 is 29.5 Å². The van der Waals surface area contributed by atoms with E-state index in [1.807, 2.05) is 0 Å². The standard InChI is InChI=1S/C14H23O6PS2/c1-11(2)19-21(15,20-12(3)4)10-18-23(16,17)14-9-7-6-8-13(14)22-5/h6-9,11-12H,10H2,1-5H3. The van der Waals surface area contributed by atoms with Crippen LogP contribution in [0.15, 0.2) is 34.1 Å². The van der Waals surface area contributed by atoms with Crippen LogP contribution in [0.1, 0.15) is 27.7 Å². The zero-order valence-corrected chi connectivity index (χ0v) is 16.4. The molecule has 23 heavy (non-hydrogen) atoms. The lowest BCUT2D eigenvalue weighted by Crippen LogP contribution is -2.15. The van der Waals surface area contributed by atoms with Crippen molar-refractivity contribution in [2.45, 2.75) is 49.7 Å². The summed E-state index contributed by atoms with van der Waals surface area (Å²) in [5.41, 5.74) is 0. The van der Waals surface area contributed by atoms with Crippen LogP contribution in [0.3, 0.4) is 0 Å². The first-order valence-corrected chi connectivity index (χ1v) is 11.4. The fourth-order valence-electron chi connectivity index (χ4n) is 1.75. The Morgan fingerprint density at radius 1 is 1.09 bits per heavy atom. The normalized spacial score (nSPS) is 13.0. The highest BCUT2D eigenvalue weighted by Gasteiger charge is 2.32. The van der Waals surface area contributed by atoms with Crippen molar-refractivity contribution < 1.29 is 26.2 Å². The van der Waals surface area contributed by atoms with E-state index in [9.17, 15) is 13.0 Å². The summed E-state index contributed by atoms with van der Waals surface area (Å²) in [6.45, 7) is 6.75. The highest BCUT2D eigenvalue weighted by molar-refractivity contribution is 7.99. The fourth-order valence-corrected chi connectivity index (χ4v) is 6.01. The molecule has 0 aromatic heterocycles. The molecule has 0 aliphatic rings. The van der Waals surface area contributed by atoms with Crippen molar-refractivity contribution in [2.75, 3.05) is 12.6 Å². The Hall–Kier alpha value is -0.370. The highest BCUT2D eigenvalue weighted by atomic mass is 32.2. The summed E-state index contributed by atoms with van der Waals surface area (Å²) >= 11 is 1.29. The molecule has 0 aliphatic heterocycles. The Morgan fingerprint density at radius 3 is 2.09 bits per heavy atom. The van der Waals surface area contributed by atoms with E-state index < -0.39 is 24.1 Å². The number of hydrogen-bond donors (Lipinski definition) is 0. The molecule has 0 spiro atoms. The fraction of sp³-hybridized carbons (Fsp3) is 0.571. The van der Waals surface area contributed by atoms with E-state index in [2.05, 4.69) is 0 Å². The van der Waals surface area contributed by atoms with Crippen molar-refractivity contribution in [3.63, 3.8) is 0 Å². The Kier molecular flexibility index (Phi) is 7.77. The summed E-state index contributed by atoms with van der Waals surface area (Å²) in [4.78, 5) is 0.588. The average Bonchev–Trinajstić information content (AvgIpc) is 2.43. The number of hydrogen-bond acceptors (Lipinski definition) is 7. The molecule has 0 aliphatic carbocycles. The van der Waals surface area contributed by atoms with Gasteiger partial charge in [-0.2, -0.15) is 8.42 Å². The second-order valence-electron chi connectivity index (χ2n) is 5.27. The van der Waals surface area contributed by atoms with Crippen molar-refractivity contribution in [1.29, 1.82) is 0 Å². The minimum absolute atomic E-state index is 0.0353. The number of benzene rings is 1. The minimum atomic E-state index is -4.06. The van der Waals surface area contributed by atoms with Gasteiger partial charge in [-0.3, -0.25) is 8.75 Å². The van der Waals surface area contributed by atoms with Gasteiger partial charge in [0.05, 0.1) is 12.2 Å². The van der Waals surface area contributed by atoms with Crippen LogP contribution in [-0.2, 0) is 27.9 Å².